The third-order valence-electron chi connectivity index (χ3n) is 3.93. The normalized spacial score (nSPS) is 19.7. The number of piperidine rings is 1. The van der Waals surface area contributed by atoms with Gasteiger partial charge in [-0.25, -0.2) is 0 Å². The summed E-state index contributed by atoms with van der Waals surface area (Å²) >= 11 is 0. The van der Waals surface area contributed by atoms with E-state index >= 15 is 0 Å². The Morgan fingerprint density at radius 2 is 2.16 bits per heavy atom. The Kier molecular flexibility index (Phi) is 5.26. The Balaban J connectivity index is 1.89. The summed E-state index contributed by atoms with van der Waals surface area (Å²) < 4.78 is 6.04. The second kappa shape index (κ2) is 6.95. The minimum absolute atomic E-state index is 0.517. The molecule has 0 amide bonds. The van der Waals surface area contributed by atoms with E-state index in [0.717, 1.165) is 18.8 Å². The minimum atomic E-state index is 0.517. The predicted octanol–water partition coefficient (Wildman–Crippen LogP) is 4.03. The molecule has 1 saturated heterocycles. The van der Waals surface area contributed by atoms with E-state index in [2.05, 4.69) is 44.3 Å². The Labute approximate surface area is 117 Å². The summed E-state index contributed by atoms with van der Waals surface area (Å²) in [5.74, 6) is 1.59. The van der Waals surface area contributed by atoms with Gasteiger partial charge in [0.2, 0.25) is 0 Å². The summed E-state index contributed by atoms with van der Waals surface area (Å²) in [6.45, 7) is 8.56. The molecule has 1 atom stereocenters. The van der Waals surface area contributed by atoms with Crippen LogP contribution in [0.2, 0.25) is 0 Å². The van der Waals surface area contributed by atoms with Gasteiger partial charge in [-0.05, 0) is 55.8 Å². The van der Waals surface area contributed by atoms with E-state index in [4.69, 9.17) is 4.74 Å². The zero-order valence-electron chi connectivity index (χ0n) is 12.5. The fourth-order valence-electron chi connectivity index (χ4n) is 2.73. The summed E-state index contributed by atoms with van der Waals surface area (Å²) in [6, 6.07) is 7.20. The predicted molar refractivity (Wildman–Crippen MR) is 81.0 cm³/mol. The van der Waals surface area contributed by atoms with Crippen molar-refractivity contribution in [2.75, 3.05) is 13.2 Å². The van der Waals surface area contributed by atoms with Crippen LogP contribution in [0.15, 0.2) is 18.2 Å². The van der Waals surface area contributed by atoms with Gasteiger partial charge >= 0.3 is 0 Å². The Bertz CT molecular complexity index is 394. The number of benzene rings is 1. The van der Waals surface area contributed by atoms with Gasteiger partial charge in [0.15, 0.2) is 0 Å². The van der Waals surface area contributed by atoms with Crippen LogP contribution in [-0.4, -0.2) is 19.2 Å². The zero-order chi connectivity index (χ0) is 13.7. The van der Waals surface area contributed by atoms with Gasteiger partial charge in [-0.2, -0.15) is 0 Å². The fourth-order valence-corrected chi connectivity index (χ4v) is 2.73. The number of nitrogens with one attached hydrogen (secondary N) is 1. The lowest BCUT2D eigenvalue weighted by molar-refractivity contribution is 0.265. The molecule has 0 radical (unpaired) electrons. The molecule has 2 nitrogen and oxygen atoms in total. The smallest absolute Gasteiger partial charge is 0.123 e. The fraction of sp³-hybridized carbons (Fsp3) is 0.647. The quantitative estimate of drug-likeness (QED) is 0.864. The number of hydrogen-bond donors (Lipinski definition) is 1. The molecule has 2 rings (SSSR count). The highest BCUT2D eigenvalue weighted by atomic mass is 16.5. The van der Waals surface area contributed by atoms with E-state index in [9.17, 15) is 0 Å². The SMILES string of the molecule is Cc1ccc(C(C)C)c(OCCC2CCCCN2)c1. The van der Waals surface area contributed by atoms with Crippen LogP contribution in [0.4, 0.5) is 0 Å². The van der Waals surface area contributed by atoms with Crippen molar-refractivity contribution in [2.45, 2.75) is 58.4 Å². The topological polar surface area (TPSA) is 21.3 Å². The van der Waals surface area contributed by atoms with Gasteiger partial charge < -0.3 is 10.1 Å². The van der Waals surface area contributed by atoms with E-state index in [-0.39, 0.29) is 0 Å². The molecule has 1 unspecified atom stereocenters. The number of rotatable bonds is 5. The van der Waals surface area contributed by atoms with Gasteiger partial charge in [-0.1, -0.05) is 32.4 Å². The minimum Gasteiger partial charge on any atom is -0.493 e. The van der Waals surface area contributed by atoms with E-state index in [1.54, 1.807) is 0 Å². The third kappa shape index (κ3) is 4.24. The summed E-state index contributed by atoms with van der Waals surface area (Å²) in [5, 5.41) is 3.57. The molecule has 0 aliphatic carbocycles. The molecule has 1 aliphatic heterocycles. The van der Waals surface area contributed by atoms with E-state index in [1.165, 1.54) is 36.9 Å². The lowest BCUT2D eigenvalue weighted by Crippen LogP contribution is -2.35. The van der Waals surface area contributed by atoms with Crippen molar-refractivity contribution in [3.8, 4) is 5.75 Å². The van der Waals surface area contributed by atoms with Gasteiger partial charge in [0.1, 0.15) is 5.75 Å². The highest BCUT2D eigenvalue weighted by Crippen LogP contribution is 2.27. The number of ether oxygens (including phenoxy) is 1. The second-order valence-corrected chi connectivity index (χ2v) is 5.98. The monoisotopic (exact) mass is 261 g/mol. The summed E-state index contributed by atoms with van der Waals surface area (Å²) in [5.41, 5.74) is 2.59. The molecule has 2 heteroatoms. The largest absolute Gasteiger partial charge is 0.493 e. The molecule has 0 aromatic heterocycles. The molecular formula is C17H27NO. The van der Waals surface area contributed by atoms with Crippen molar-refractivity contribution in [3.63, 3.8) is 0 Å². The second-order valence-electron chi connectivity index (χ2n) is 5.98. The average molecular weight is 261 g/mol. The van der Waals surface area contributed by atoms with Gasteiger partial charge in [0.25, 0.3) is 0 Å². The van der Waals surface area contributed by atoms with Crippen LogP contribution >= 0.6 is 0 Å². The van der Waals surface area contributed by atoms with Gasteiger partial charge in [0.05, 0.1) is 6.61 Å². The molecular weight excluding hydrogens is 234 g/mol. The van der Waals surface area contributed by atoms with Crippen LogP contribution in [0.25, 0.3) is 0 Å². The lowest BCUT2D eigenvalue weighted by atomic mass is 10.0. The van der Waals surface area contributed by atoms with Crippen LogP contribution in [0.3, 0.4) is 0 Å². The molecule has 1 aliphatic rings. The number of aryl methyl sites for hydroxylation is 1. The number of hydrogen-bond acceptors (Lipinski definition) is 2. The molecule has 1 aromatic rings. The zero-order valence-corrected chi connectivity index (χ0v) is 12.5. The van der Waals surface area contributed by atoms with Crippen molar-refractivity contribution in [1.29, 1.82) is 0 Å². The first-order valence-electron chi connectivity index (χ1n) is 7.63. The van der Waals surface area contributed by atoms with Gasteiger partial charge in [-0.3, -0.25) is 0 Å². The van der Waals surface area contributed by atoms with Crippen LogP contribution in [0, 0.1) is 6.92 Å². The maximum Gasteiger partial charge on any atom is 0.123 e. The van der Waals surface area contributed by atoms with Gasteiger partial charge in [0, 0.05) is 6.04 Å². The Hall–Kier alpha value is -1.02. The van der Waals surface area contributed by atoms with E-state index in [1.807, 2.05) is 0 Å². The van der Waals surface area contributed by atoms with Crippen LogP contribution in [0.5, 0.6) is 5.75 Å². The highest BCUT2D eigenvalue weighted by Gasteiger charge is 2.13. The van der Waals surface area contributed by atoms with Crippen LogP contribution in [0.1, 0.15) is 56.6 Å². The van der Waals surface area contributed by atoms with Crippen molar-refractivity contribution in [2.24, 2.45) is 0 Å². The van der Waals surface area contributed by atoms with Crippen molar-refractivity contribution in [1.82, 2.24) is 5.32 Å². The van der Waals surface area contributed by atoms with Crippen molar-refractivity contribution >= 4 is 0 Å². The molecule has 1 fully saturated rings. The average Bonchev–Trinajstić information content (AvgIpc) is 2.39. The molecule has 106 valence electrons. The molecule has 1 aromatic carbocycles. The first-order valence-corrected chi connectivity index (χ1v) is 7.63. The highest BCUT2D eigenvalue weighted by molar-refractivity contribution is 5.39. The standard InChI is InChI=1S/C17H27NO/c1-13(2)16-8-7-14(3)12-17(16)19-11-9-15-6-4-5-10-18-15/h7-8,12-13,15,18H,4-6,9-11H2,1-3H3. The van der Waals surface area contributed by atoms with E-state index in [0.29, 0.717) is 12.0 Å². The molecule has 1 heterocycles. The molecule has 1 N–H and O–H groups in total. The first kappa shape index (κ1) is 14.4. The van der Waals surface area contributed by atoms with Crippen LogP contribution < -0.4 is 10.1 Å². The van der Waals surface area contributed by atoms with Crippen molar-refractivity contribution in [3.05, 3.63) is 29.3 Å². The molecule has 0 bridgehead atoms. The lowest BCUT2D eigenvalue weighted by Gasteiger charge is -2.23. The maximum atomic E-state index is 6.04. The Morgan fingerprint density at radius 1 is 1.32 bits per heavy atom. The molecule has 19 heavy (non-hydrogen) atoms. The summed E-state index contributed by atoms with van der Waals surface area (Å²) in [4.78, 5) is 0. The molecule has 0 spiro atoms. The maximum absolute atomic E-state index is 6.04. The summed E-state index contributed by atoms with van der Waals surface area (Å²) in [6.07, 6.45) is 5.10. The summed E-state index contributed by atoms with van der Waals surface area (Å²) in [7, 11) is 0. The van der Waals surface area contributed by atoms with E-state index < -0.39 is 0 Å². The third-order valence-corrected chi connectivity index (χ3v) is 3.93. The Morgan fingerprint density at radius 3 is 2.84 bits per heavy atom. The van der Waals surface area contributed by atoms with Gasteiger partial charge in [-0.15, -0.1) is 0 Å². The van der Waals surface area contributed by atoms with Crippen LogP contribution in [-0.2, 0) is 0 Å². The molecule has 0 saturated carbocycles. The first-order chi connectivity index (χ1) is 9.16. The van der Waals surface area contributed by atoms with Crippen molar-refractivity contribution < 1.29 is 4.74 Å².